The Balaban J connectivity index is 2.24. The van der Waals surface area contributed by atoms with Gasteiger partial charge in [0.2, 0.25) is 0 Å². The summed E-state index contributed by atoms with van der Waals surface area (Å²) < 4.78 is 5.17. The fraction of sp³-hybridized carbons (Fsp3) is 0.375. The van der Waals surface area contributed by atoms with Crippen molar-refractivity contribution in [3.8, 4) is 5.75 Å². The van der Waals surface area contributed by atoms with Crippen molar-refractivity contribution in [2.45, 2.75) is 26.4 Å². The van der Waals surface area contributed by atoms with Crippen molar-refractivity contribution in [2.24, 2.45) is 0 Å². The highest BCUT2D eigenvalue weighted by atomic mass is 16.5. The van der Waals surface area contributed by atoms with E-state index in [4.69, 9.17) is 4.74 Å². The SMILES string of the molecule is COc1ccc2cc(C(=O)NCCC(C)O)c(C)nc2c1. The number of fused-ring (bicyclic) bond motifs is 1. The van der Waals surface area contributed by atoms with Crippen LogP contribution >= 0.6 is 0 Å². The van der Waals surface area contributed by atoms with Gasteiger partial charge in [0.25, 0.3) is 5.91 Å². The smallest absolute Gasteiger partial charge is 0.253 e. The van der Waals surface area contributed by atoms with Crippen molar-refractivity contribution in [2.75, 3.05) is 13.7 Å². The Kier molecular flexibility index (Phi) is 4.75. The van der Waals surface area contributed by atoms with E-state index in [0.29, 0.717) is 24.2 Å². The van der Waals surface area contributed by atoms with E-state index in [1.807, 2.05) is 31.2 Å². The lowest BCUT2D eigenvalue weighted by Crippen LogP contribution is -2.27. The molecule has 1 unspecified atom stereocenters. The second-order valence-electron chi connectivity index (χ2n) is 5.07. The summed E-state index contributed by atoms with van der Waals surface area (Å²) in [5.74, 6) is 0.571. The molecule has 1 aromatic carbocycles. The first-order chi connectivity index (χ1) is 10.0. The number of ether oxygens (including phenoxy) is 1. The summed E-state index contributed by atoms with van der Waals surface area (Å²) >= 11 is 0. The minimum atomic E-state index is -0.423. The Morgan fingerprint density at radius 1 is 1.43 bits per heavy atom. The van der Waals surface area contributed by atoms with E-state index in [9.17, 15) is 9.90 Å². The molecule has 0 spiro atoms. The van der Waals surface area contributed by atoms with Gasteiger partial charge in [-0.2, -0.15) is 0 Å². The number of hydrogen-bond donors (Lipinski definition) is 2. The van der Waals surface area contributed by atoms with Crippen LogP contribution in [0.4, 0.5) is 0 Å². The van der Waals surface area contributed by atoms with Crippen molar-refractivity contribution in [3.63, 3.8) is 0 Å². The molecule has 0 saturated carbocycles. The molecule has 0 aliphatic carbocycles. The van der Waals surface area contributed by atoms with Crippen LogP contribution in [0.2, 0.25) is 0 Å². The van der Waals surface area contributed by atoms with Crippen LogP contribution in [-0.4, -0.2) is 35.8 Å². The van der Waals surface area contributed by atoms with Gasteiger partial charge < -0.3 is 15.2 Å². The van der Waals surface area contributed by atoms with Crippen LogP contribution in [0.5, 0.6) is 5.75 Å². The maximum atomic E-state index is 12.2. The van der Waals surface area contributed by atoms with E-state index in [0.717, 1.165) is 16.7 Å². The molecule has 112 valence electrons. The minimum Gasteiger partial charge on any atom is -0.497 e. The van der Waals surface area contributed by atoms with Crippen LogP contribution in [0.25, 0.3) is 10.9 Å². The summed E-state index contributed by atoms with van der Waals surface area (Å²) in [5.41, 5.74) is 2.02. The van der Waals surface area contributed by atoms with Gasteiger partial charge in [0, 0.05) is 18.0 Å². The molecule has 5 heteroatoms. The molecule has 2 N–H and O–H groups in total. The van der Waals surface area contributed by atoms with Crippen LogP contribution in [0.1, 0.15) is 29.4 Å². The average Bonchev–Trinajstić information content (AvgIpc) is 2.45. The molecule has 0 aliphatic heterocycles. The van der Waals surface area contributed by atoms with Crippen LogP contribution in [0.3, 0.4) is 0 Å². The fourth-order valence-electron chi connectivity index (χ4n) is 2.09. The topological polar surface area (TPSA) is 71.5 Å². The predicted molar refractivity (Wildman–Crippen MR) is 81.7 cm³/mol. The third-order valence-corrected chi connectivity index (χ3v) is 3.31. The van der Waals surface area contributed by atoms with Gasteiger partial charge in [-0.3, -0.25) is 9.78 Å². The highest BCUT2D eigenvalue weighted by molar-refractivity contribution is 5.98. The lowest BCUT2D eigenvalue weighted by atomic mass is 10.1. The quantitative estimate of drug-likeness (QED) is 0.883. The summed E-state index contributed by atoms with van der Waals surface area (Å²) in [6.45, 7) is 3.95. The van der Waals surface area contributed by atoms with E-state index in [1.165, 1.54) is 0 Å². The van der Waals surface area contributed by atoms with E-state index >= 15 is 0 Å². The Morgan fingerprint density at radius 3 is 2.86 bits per heavy atom. The Hall–Kier alpha value is -2.14. The normalized spacial score (nSPS) is 12.2. The van der Waals surface area contributed by atoms with Gasteiger partial charge in [-0.05, 0) is 38.5 Å². The second-order valence-corrected chi connectivity index (χ2v) is 5.07. The van der Waals surface area contributed by atoms with Gasteiger partial charge in [0.05, 0.1) is 30.0 Å². The zero-order valence-corrected chi connectivity index (χ0v) is 12.5. The average molecular weight is 288 g/mol. The zero-order valence-electron chi connectivity index (χ0n) is 12.5. The van der Waals surface area contributed by atoms with Gasteiger partial charge in [0.1, 0.15) is 5.75 Å². The molecule has 0 aliphatic rings. The summed E-state index contributed by atoms with van der Waals surface area (Å²) in [5, 5.41) is 12.9. The number of methoxy groups -OCH3 is 1. The van der Waals surface area contributed by atoms with Crippen LogP contribution in [-0.2, 0) is 0 Å². The van der Waals surface area contributed by atoms with Gasteiger partial charge in [-0.1, -0.05) is 0 Å². The number of amides is 1. The number of aliphatic hydroxyl groups excluding tert-OH is 1. The highest BCUT2D eigenvalue weighted by Crippen LogP contribution is 2.21. The van der Waals surface area contributed by atoms with Crippen LogP contribution < -0.4 is 10.1 Å². The van der Waals surface area contributed by atoms with Crippen LogP contribution in [0, 0.1) is 6.92 Å². The van der Waals surface area contributed by atoms with Gasteiger partial charge >= 0.3 is 0 Å². The number of rotatable bonds is 5. The Morgan fingerprint density at radius 2 is 2.19 bits per heavy atom. The standard InChI is InChI=1S/C16H20N2O3/c1-10(19)6-7-17-16(20)14-8-12-4-5-13(21-3)9-15(12)18-11(14)2/h4-5,8-10,19H,6-7H2,1-3H3,(H,17,20). The van der Waals surface area contributed by atoms with E-state index in [2.05, 4.69) is 10.3 Å². The fourth-order valence-corrected chi connectivity index (χ4v) is 2.09. The number of nitrogens with zero attached hydrogens (tertiary/aromatic N) is 1. The van der Waals surface area contributed by atoms with Crippen molar-refractivity contribution in [3.05, 3.63) is 35.5 Å². The molecule has 0 radical (unpaired) electrons. The van der Waals surface area contributed by atoms with Gasteiger partial charge in [-0.15, -0.1) is 0 Å². The summed E-state index contributed by atoms with van der Waals surface area (Å²) in [6.07, 6.45) is 0.108. The van der Waals surface area contributed by atoms with E-state index in [1.54, 1.807) is 14.0 Å². The summed E-state index contributed by atoms with van der Waals surface area (Å²) in [6, 6.07) is 7.40. The first-order valence-corrected chi connectivity index (χ1v) is 6.93. The Bertz CT molecular complexity index is 653. The number of aliphatic hydroxyl groups is 1. The molecule has 2 aromatic rings. The number of benzene rings is 1. The van der Waals surface area contributed by atoms with E-state index in [-0.39, 0.29) is 5.91 Å². The molecule has 0 fully saturated rings. The van der Waals surface area contributed by atoms with Crippen LogP contribution in [0.15, 0.2) is 24.3 Å². The number of nitrogens with one attached hydrogen (secondary N) is 1. The first-order valence-electron chi connectivity index (χ1n) is 6.93. The number of carbonyl (C=O) groups excluding carboxylic acids is 1. The second kappa shape index (κ2) is 6.54. The highest BCUT2D eigenvalue weighted by Gasteiger charge is 2.12. The molecule has 5 nitrogen and oxygen atoms in total. The molecule has 1 amide bonds. The lowest BCUT2D eigenvalue weighted by Gasteiger charge is -2.10. The molecule has 1 aromatic heterocycles. The van der Waals surface area contributed by atoms with Gasteiger partial charge in [0.15, 0.2) is 0 Å². The molecule has 1 atom stereocenters. The minimum absolute atomic E-state index is 0.168. The molecule has 21 heavy (non-hydrogen) atoms. The monoisotopic (exact) mass is 288 g/mol. The number of pyridine rings is 1. The van der Waals surface area contributed by atoms with Crippen molar-refractivity contribution in [1.29, 1.82) is 0 Å². The maximum Gasteiger partial charge on any atom is 0.253 e. The third kappa shape index (κ3) is 3.70. The molecular formula is C16H20N2O3. The number of carbonyl (C=O) groups is 1. The summed E-state index contributed by atoms with van der Waals surface area (Å²) in [4.78, 5) is 16.6. The zero-order chi connectivity index (χ0) is 15.4. The number of aromatic nitrogens is 1. The summed E-state index contributed by atoms with van der Waals surface area (Å²) in [7, 11) is 1.61. The molecule has 2 rings (SSSR count). The molecule has 0 saturated heterocycles. The molecule has 1 heterocycles. The largest absolute Gasteiger partial charge is 0.497 e. The molecule has 0 bridgehead atoms. The Labute approximate surface area is 124 Å². The van der Waals surface area contributed by atoms with E-state index < -0.39 is 6.10 Å². The van der Waals surface area contributed by atoms with Crippen molar-refractivity contribution >= 4 is 16.8 Å². The maximum absolute atomic E-state index is 12.2. The third-order valence-electron chi connectivity index (χ3n) is 3.31. The lowest BCUT2D eigenvalue weighted by molar-refractivity contribution is 0.0944. The van der Waals surface area contributed by atoms with Gasteiger partial charge in [-0.25, -0.2) is 0 Å². The molecular weight excluding hydrogens is 268 g/mol. The number of aryl methyl sites for hydroxylation is 1. The predicted octanol–water partition coefficient (Wildman–Crippen LogP) is 2.05. The number of hydrogen-bond acceptors (Lipinski definition) is 4. The van der Waals surface area contributed by atoms with Crippen molar-refractivity contribution in [1.82, 2.24) is 10.3 Å². The first kappa shape index (κ1) is 15.3. The van der Waals surface area contributed by atoms with Crippen molar-refractivity contribution < 1.29 is 14.6 Å².